The molecular formula is C21H33N3O3S. The van der Waals surface area contributed by atoms with Gasteiger partial charge in [-0.1, -0.05) is 44.2 Å². The molecule has 0 saturated carbocycles. The van der Waals surface area contributed by atoms with E-state index in [1.165, 1.54) is 9.71 Å². The first kappa shape index (κ1) is 22.6. The summed E-state index contributed by atoms with van der Waals surface area (Å²) in [5.41, 5.74) is 0.855. The summed E-state index contributed by atoms with van der Waals surface area (Å²) in [4.78, 5) is 14.2. The van der Waals surface area contributed by atoms with E-state index >= 15 is 0 Å². The Balaban J connectivity index is 1.77. The van der Waals surface area contributed by atoms with E-state index in [1.807, 2.05) is 42.2 Å². The Morgan fingerprint density at radius 3 is 2.32 bits per heavy atom. The normalized spacial score (nSPS) is 17.9. The molecule has 0 aliphatic carbocycles. The second-order valence-corrected chi connectivity index (χ2v) is 9.69. The highest BCUT2D eigenvalue weighted by Crippen LogP contribution is 2.12. The molecule has 0 unspecified atom stereocenters. The SMILES string of the molecule is CC(C)CC[C@@H](C)NC(=O)CN1CCN(S(=O)(=O)/C=C/c2ccccc2)CC1. The van der Waals surface area contributed by atoms with Crippen LogP contribution in [0.3, 0.4) is 0 Å². The lowest BCUT2D eigenvalue weighted by Crippen LogP contribution is -2.51. The average Bonchev–Trinajstić information content (AvgIpc) is 2.66. The fourth-order valence-corrected chi connectivity index (χ4v) is 4.31. The smallest absolute Gasteiger partial charge is 0.236 e. The van der Waals surface area contributed by atoms with Gasteiger partial charge in [-0.3, -0.25) is 9.69 Å². The molecule has 1 aromatic rings. The Morgan fingerprint density at radius 2 is 1.71 bits per heavy atom. The minimum Gasteiger partial charge on any atom is -0.353 e. The van der Waals surface area contributed by atoms with E-state index < -0.39 is 10.0 Å². The van der Waals surface area contributed by atoms with Crippen LogP contribution in [0.15, 0.2) is 35.7 Å². The molecule has 1 aromatic carbocycles. The molecular weight excluding hydrogens is 374 g/mol. The molecule has 0 bridgehead atoms. The number of sulfonamides is 1. The van der Waals surface area contributed by atoms with Crippen LogP contribution in [0.5, 0.6) is 0 Å². The van der Waals surface area contributed by atoms with Gasteiger partial charge in [-0.15, -0.1) is 0 Å². The second-order valence-electron chi connectivity index (χ2n) is 7.87. The van der Waals surface area contributed by atoms with Crippen molar-refractivity contribution in [2.75, 3.05) is 32.7 Å². The van der Waals surface area contributed by atoms with Crippen molar-refractivity contribution in [3.05, 3.63) is 41.3 Å². The monoisotopic (exact) mass is 407 g/mol. The maximum absolute atomic E-state index is 12.5. The fraction of sp³-hybridized carbons (Fsp3) is 0.571. The van der Waals surface area contributed by atoms with Gasteiger partial charge >= 0.3 is 0 Å². The summed E-state index contributed by atoms with van der Waals surface area (Å²) in [7, 11) is -3.44. The van der Waals surface area contributed by atoms with E-state index in [0.717, 1.165) is 18.4 Å². The first-order valence-corrected chi connectivity index (χ1v) is 11.5. The summed E-state index contributed by atoms with van der Waals surface area (Å²) in [6, 6.07) is 9.54. The van der Waals surface area contributed by atoms with E-state index in [1.54, 1.807) is 6.08 Å². The van der Waals surface area contributed by atoms with E-state index in [9.17, 15) is 13.2 Å². The number of carbonyl (C=O) groups is 1. The molecule has 28 heavy (non-hydrogen) atoms. The molecule has 0 aromatic heterocycles. The van der Waals surface area contributed by atoms with E-state index in [2.05, 4.69) is 19.2 Å². The molecule has 7 heteroatoms. The number of nitrogens with zero attached hydrogens (tertiary/aromatic N) is 2. The molecule has 1 atom stereocenters. The second kappa shape index (κ2) is 10.7. The number of amides is 1. The molecule has 0 radical (unpaired) electrons. The van der Waals surface area contributed by atoms with Crippen LogP contribution in [0.4, 0.5) is 0 Å². The highest BCUT2D eigenvalue weighted by atomic mass is 32.2. The predicted octanol–water partition coefficient (Wildman–Crippen LogP) is 2.55. The lowest BCUT2D eigenvalue weighted by Gasteiger charge is -2.33. The van der Waals surface area contributed by atoms with Crippen LogP contribution in [0.2, 0.25) is 0 Å². The maximum Gasteiger partial charge on any atom is 0.236 e. The number of hydrogen-bond acceptors (Lipinski definition) is 4. The van der Waals surface area contributed by atoms with Crippen LogP contribution < -0.4 is 5.32 Å². The fourth-order valence-electron chi connectivity index (χ4n) is 3.14. The zero-order chi connectivity index (χ0) is 20.6. The summed E-state index contributed by atoms with van der Waals surface area (Å²) in [5, 5.41) is 4.30. The van der Waals surface area contributed by atoms with Crippen molar-refractivity contribution in [1.82, 2.24) is 14.5 Å². The third kappa shape index (κ3) is 7.73. The molecule has 1 heterocycles. The van der Waals surface area contributed by atoms with E-state index in [4.69, 9.17) is 0 Å². The molecule has 0 spiro atoms. The molecule has 156 valence electrons. The van der Waals surface area contributed by atoms with Crippen molar-refractivity contribution in [3.63, 3.8) is 0 Å². The van der Waals surface area contributed by atoms with Gasteiger partial charge in [-0.25, -0.2) is 8.42 Å². The number of benzene rings is 1. The highest BCUT2D eigenvalue weighted by Gasteiger charge is 2.26. The van der Waals surface area contributed by atoms with Gasteiger partial charge in [-0.05, 0) is 37.3 Å². The molecule has 1 aliphatic heterocycles. The Kier molecular flexibility index (Phi) is 8.66. The number of hydrogen-bond donors (Lipinski definition) is 1. The molecule has 1 amide bonds. The lowest BCUT2D eigenvalue weighted by atomic mass is 10.0. The summed E-state index contributed by atoms with van der Waals surface area (Å²) in [5.74, 6) is 0.641. The van der Waals surface area contributed by atoms with Crippen molar-refractivity contribution in [2.24, 2.45) is 5.92 Å². The third-order valence-corrected chi connectivity index (χ3v) is 6.44. The van der Waals surface area contributed by atoms with Crippen LogP contribution in [-0.4, -0.2) is 62.3 Å². The number of carbonyl (C=O) groups excluding carboxylic acids is 1. The Bertz CT molecular complexity index is 739. The van der Waals surface area contributed by atoms with E-state index in [-0.39, 0.29) is 11.9 Å². The average molecular weight is 408 g/mol. The molecule has 1 N–H and O–H groups in total. The van der Waals surface area contributed by atoms with Gasteiger partial charge in [0.05, 0.1) is 6.54 Å². The highest BCUT2D eigenvalue weighted by molar-refractivity contribution is 7.92. The molecule has 2 rings (SSSR count). The largest absolute Gasteiger partial charge is 0.353 e. The molecule has 1 saturated heterocycles. The number of nitrogens with one attached hydrogen (secondary N) is 1. The van der Waals surface area contributed by atoms with Gasteiger partial charge in [-0.2, -0.15) is 4.31 Å². The van der Waals surface area contributed by atoms with Crippen molar-refractivity contribution in [3.8, 4) is 0 Å². The van der Waals surface area contributed by atoms with Crippen LogP contribution in [-0.2, 0) is 14.8 Å². The standard InChI is InChI=1S/C21H33N3O3S/c1-18(2)9-10-19(3)22-21(25)17-23-12-14-24(15-13-23)28(26,27)16-11-20-7-5-4-6-8-20/h4-8,11,16,18-19H,9-10,12-15,17H2,1-3H3,(H,22,25)/b16-11+/t19-/m1/s1. The lowest BCUT2D eigenvalue weighted by molar-refractivity contribution is -0.123. The molecule has 6 nitrogen and oxygen atoms in total. The summed E-state index contributed by atoms with van der Waals surface area (Å²) >= 11 is 0. The van der Waals surface area contributed by atoms with Crippen molar-refractivity contribution < 1.29 is 13.2 Å². The zero-order valence-electron chi connectivity index (χ0n) is 17.2. The molecule has 1 aliphatic rings. The minimum absolute atomic E-state index is 0.0107. The van der Waals surface area contributed by atoms with Gasteiger partial charge < -0.3 is 5.32 Å². The van der Waals surface area contributed by atoms with Crippen molar-refractivity contribution >= 4 is 22.0 Å². The maximum atomic E-state index is 12.5. The zero-order valence-corrected chi connectivity index (χ0v) is 18.0. The van der Waals surface area contributed by atoms with Crippen LogP contribution in [0.1, 0.15) is 39.2 Å². The number of piperazine rings is 1. The Hall–Kier alpha value is -1.70. The van der Waals surface area contributed by atoms with Gasteiger partial charge in [0.1, 0.15) is 0 Å². The summed E-state index contributed by atoms with van der Waals surface area (Å²) < 4.78 is 26.5. The topological polar surface area (TPSA) is 69.7 Å². The summed E-state index contributed by atoms with van der Waals surface area (Å²) in [6.45, 7) is 8.63. The van der Waals surface area contributed by atoms with Crippen LogP contribution in [0.25, 0.3) is 6.08 Å². The predicted molar refractivity (Wildman–Crippen MR) is 114 cm³/mol. The third-order valence-electron chi connectivity index (χ3n) is 4.87. The van der Waals surface area contributed by atoms with Crippen LogP contribution >= 0.6 is 0 Å². The first-order valence-electron chi connectivity index (χ1n) is 10.0. The Morgan fingerprint density at radius 1 is 1.07 bits per heavy atom. The van der Waals surface area contributed by atoms with Crippen molar-refractivity contribution in [2.45, 2.75) is 39.7 Å². The quantitative estimate of drug-likeness (QED) is 0.683. The van der Waals surface area contributed by atoms with Gasteiger partial charge in [0.25, 0.3) is 0 Å². The van der Waals surface area contributed by atoms with E-state index in [0.29, 0.717) is 38.6 Å². The van der Waals surface area contributed by atoms with Crippen LogP contribution in [0, 0.1) is 5.92 Å². The minimum atomic E-state index is -3.44. The van der Waals surface area contributed by atoms with Gasteiger partial charge in [0, 0.05) is 37.6 Å². The summed E-state index contributed by atoms with van der Waals surface area (Å²) in [6.07, 6.45) is 3.69. The van der Waals surface area contributed by atoms with Gasteiger partial charge in [0.15, 0.2) is 0 Å². The van der Waals surface area contributed by atoms with Gasteiger partial charge in [0.2, 0.25) is 15.9 Å². The molecule has 1 fully saturated rings. The first-order chi connectivity index (χ1) is 13.3. The Labute approximate surface area is 169 Å². The van der Waals surface area contributed by atoms with Crippen molar-refractivity contribution in [1.29, 1.82) is 0 Å². The number of rotatable bonds is 9.